The van der Waals surface area contributed by atoms with Crippen molar-refractivity contribution in [2.45, 2.75) is 32.7 Å². The first-order valence-electron chi connectivity index (χ1n) is 5.17. The van der Waals surface area contributed by atoms with E-state index in [4.69, 9.17) is 10.5 Å². The first kappa shape index (κ1) is 14.3. The third-order valence-corrected chi connectivity index (χ3v) is 2.11. The lowest BCUT2D eigenvalue weighted by atomic mass is 10.2. The smallest absolute Gasteiger partial charge is 0.119 e. The van der Waals surface area contributed by atoms with Crippen molar-refractivity contribution in [2.24, 2.45) is 5.73 Å². The van der Waals surface area contributed by atoms with Crippen molar-refractivity contribution in [1.82, 2.24) is 0 Å². The molecule has 0 aliphatic rings. The van der Waals surface area contributed by atoms with Gasteiger partial charge < -0.3 is 10.5 Å². The molecule has 0 amide bonds. The average Bonchev–Trinajstić information content (AvgIpc) is 2.15. The van der Waals surface area contributed by atoms with Gasteiger partial charge in [0.2, 0.25) is 0 Å². The van der Waals surface area contributed by atoms with Crippen LogP contribution in [0.4, 0.5) is 0 Å². The standard InChI is InChI=1S/C12H19NO.ClH/c1-3-5-11(13)9-14-12-7-4-6-10(2)8-12;/h4,6-8,11H,3,5,9,13H2,1-2H3;1H. The number of halogens is 1. The highest BCUT2D eigenvalue weighted by molar-refractivity contribution is 5.85. The fourth-order valence-electron chi connectivity index (χ4n) is 1.36. The molecule has 0 spiro atoms. The van der Waals surface area contributed by atoms with Crippen LogP contribution in [0.3, 0.4) is 0 Å². The fraction of sp³-hybridized carbons (Fsp3) is 0.500. The molecule has 0 aromatic heterocycles. The number of hydrogen-bond donors (Lipinski definition) is 1. The molecule has 1 unspecified atom stereocenters. The largest absolute Gasteiger partial charge is 0.492 e. The highest BCUT2D eigenvalue weighted by atomic mass is 35.5. The minimum Gasteiger partial charge on any atom is -0.492 e. The van der Waals surface area contributed by atoms with Crippen molar-refractivity contribution in [3.63, 3.8) is 0 Å². The zero-order valence-corrected chi connectivity index (χ0v) is 10.2. The second-order valence-electron chi connectivity index (χ2n) is 3.68. The van der Waals surface area contributed by atoms with Crippen molar-refractivity contribution >= 4 is 12.4 Å². The molecule has 1 atom stereocenters. The highest BCUT2D eigenvalue weighted by Crippen LogP contribution is 2.12. The van der Waals surface area contributed by atoms with E-state index in [1.54, 1.807) is 0 Å². The third-order valence-electron chi connectivity index (χ3n) is 2.11. The normalized spacial score (nSPS) is 11.7. The Morgan fingerprint density at radius 2 is 2.13 bits per heavy atom. The summed E-state index contributed by atoms with van der Waals surface area (Å²) in [5.74, 6) is 0.913. The molecule has 0 bridgehead atoms. The Labute approximate surface area is 98.2 Å². The molecule has 1 aromatic rings. The van der Waals surface area contributed by atoms with Crippen LogP contribution in [-0.2, 0) is 0 Å². The number of aryl methyl sites for hydroxylation is 1. The average molecular weight is 230 g/mol. The van der Waals surface area contributed by atoms with E-state index in [1.807, 2.05) is 18.2 Å². The van der Waals surface area contributed by atoms with Gasteiger partial charge in [-0.15, -0.1) is 12.4 Å². The summed E-state index contributed by atoms with van der Waals surface area (Å²) in [6, 6.07) is 8.19. The van der Waals surface area contributed by atoms with Crippen LogP contribution in [0.5, 0.6) is 5.75 Å². The van der Waals surface area contributed by atoms with Crippen molar-refractivity contribution in [2.75, 3.05) is 6.61 Å². The Kier molecular flexibility index (Phi) is 7.18. The molecular weight excluding hydrogens is 210 g/mol. The summed E-state index contributed by atoms with van der Waals surface area (Å²) < 4.78 is 5.58. The molecule has 1 aromatic carbocycles. The zero-order valence-electron chi connectivity index (χ0n) is 9.40. The summed E-state index contributed by atoms with van der Waals surface area (Å²) in [4.78, 5) is 0. The van der Waals surface area contributed by atoms with Crippen molar-refractivity contribution < 1.29 is 4.74 Å². The lowest BCUT2D eigenvalue weighted by Crippen LogP contribution is -2.27. The van der Waals surface area contributed by atoms with Gasteiger partial charge in [-0.05, 0) is 31.0 Å². The van der Waals surface area contributed by atoms with Crippen molar-refractivity contribution in [3.8, 4) is 5.75 Å². The van der Waals surface area contributed by atoms with Gasteiger partial charge >= 0.3 is 0 Å². The van der Waals surface area contributed by atoms with Gasteiger partial charge in [0.25, 0.3) is 0 Å². The van der Waals surface area contributed by atoms with Crippen LogP contribution in [0.2, 0.25) is 0 Å². The molecule has 0 fully saturated rings. The summed E-state index contributed by atoms with van der Waals surface area (Å²) in [5.41, 5.74) is 7.06. The van der Waals surface area contributed by atoms with Crippen LogP contribution in [0.1, 0.15) is 25.3 Å². The number of ether oxygens (including phenoxy) is 1. The van der Waals surface area contributed by atoms with E-state index in [-0.39, 0.29) is 18.4 Å². The van der Waals surface area contributed by atoms with E-state index in [1.165, 1.54) is 5.56 Å². The molecule has 2 nitrogen and oxygen atoms in total. The molecule has 1 rings (SSSR count). The van der Waals surface area contributed by atoms with E-state index < -0.39 is 0 Å². The SMILES string of the molecule is CCCC(N)COc1cccc(C)c1.Cl. The number of rotatable bonds is 5. The molecule has 0 aliphatic carbocycles. The van der Waals surface area contributed by atoms with Crippen molar-refractivity contribution in [1.29, 1.82) is 0 Å². The van der Waals surface area contributed by atoms with Gasteiger partial charge in [-0.1, -0.05) is 25.5 Å². The van der Waals surface area contributed by atoms with Crippen LogP contribution < -0.4 is 10.5 Å². The maximum atomic E-state index is 5.85. The summed E-state index contributed by atoms with van der Waals surface area (Å²) in [6.45, 7) is 4.79. The van der Waals surface area contributed by atoms with Gasteiger partial charge in [-0.3, -0.25) is 0 Å². The Morgan fingerprint density at radius 3 is 2.73 bits per heavy atom. The van der Waals surface area contributed by atoms with E-state index in [2.05, 4.69) is 19.9 Å². The molecule has 86 valence electrons. The Morgan fingerprint density at radius 1 is 1.40 bits per heavy atom. The molecular formula is C12H20ClNO. The maximum Gasteiger partial charge on any atom is 0.119 e. The predicted octanol–water partition coefficient (Wildman–Crippen LogP) is 2.92. The van der Waals surface area contributed by atoms with E-state index in [9.17, 15) is 0 Å². The van der Waals surface area contributed by atoms with Gasteiger partial charge in [0, 0.05) is 6.04 Å². The van der Waals surface area contributed by atoms with E-state index >= 15 is 0 Å². The quantitative estimate of drug-likeness (QED) is 0.843. The van der Waals surface area contributed by atoms with Crippen LogP contribution in [0.25, 0.3) is 0 Å². The number of hydrogen-bond acceptors (Lipinski definition) is 2. The second-order valence-corrected chi connectivity index (χ2v) is 3.68. The van der Waals surface area contributed by atoms with Crippen LogP contribution in [0, 0.1) is 6.92 Å². The van der Waals surface area contributed by atoms with Crippen LogP contribution >= 0.6 is 12.4 Å². The molecule has 0 saturated heterocycles. The Hall–Kier alpha value is -0.730. The van der Waals surface area contributed by atoms with Gasteiger partial charge in [-0.2, -0.15) is 0 Å². The molecule has 15 heavy (non-hydrogen) atoms. The Bertz CT molecular complexity index is 278. The van der Waals surface area contributed by atoms with Crippen LogP contribution in [0.15, 0.2) is 24.3 Å². The second kappa shape index (κ2) is 7.55. The van der Waals surface area contributed by atoms with Crippen molar-refractivity contribution in [3.05, 3.63) is 29.8 Å². The predicted molar refractivity (Wildman–Crippen MR) is 66.8 cm³/mol. The molecule has 0 heterocycles. The summed E-state index contributed by atoms with van der Waals surface area (Å²) >= 11 is 0. The minimum absolute atomic E-state index is 0. The topological polar surface area (TPSA) is 35.2 Å². The van der Waals surface area contributed by atoms with E-state index in [0.29, 0.717) is 6.61 Å². The van der Waals surface area contributed by atoms with Gasteiger partial charge in [0.05, 0.1) is 0 Å². The molecule has 3 heteroatoms. The van der Waals surface area contributed by atoms with Crippen LogP contribution in [-0.4, -0.2) is 12.6 Å². The zero-order chi connectivity index (χ0) is 10.4. The van der Waals surface area contributed by atoms with Gasteiger partial charge in [-0.25, -0.2) is 0 Å². The lowest BCUT2D eigenvalue weighted by Gasteiger charge is -2.12. The maximum absolute atomic E-state index is 5.85. The van der Waals surface area contributed by atoms with Gasteiger partial charge in [0.1, 0.15) is 12.4 Å². The number of benzene rings is 1. The first-order valence-corrected chi connectivity index (χ1v) is 5.17. The summed E-state index contributed by atoms with van der Waals surface area (Å²) in [6.07, 6.45) is 2.13. The Balaban J connectivity index is 0.00000196. The van der Waals surface area contributed by atoms with Gasteiger partial charge in [0.15, 0.2) is 0 Å². The fourth-order valence-corrected chi connectivity index (χ4v) is 1.36. The summed E-state index contributed by atoms with van der Waals surface area (Å²) in [7, 11) is 0. The summed E-state index contributed by atoms with van der Waals surface area (Å²) in [5, 5.41) is 0. The molecule has 0 radical (unpaired) electrons. The van der Waals surface area contributed by atoms with E-state index in [0.717, 1.165) is 18.6 Å². The monoisotopic (exact) mass is 229 g/mol. The lowest BCUT2D eigenvalue weighted by molar-refractivity contribution is 0.281. The highest BCUT2D eigenvalue weighted by Gasteiger charge is 2.01. The molecule has 0 aliphatic heterocycles. The third kappa shape index (κ3) is 5.65. The molecule has 2 N–H and O–H groups in total. The first-order chi connectivity index (χ1) is 6.72. The molecule has 0 saturated carbocycles. The number of nitrogens with two attached hydrogens (primary N) is 1. The minimum atomic E-state index is 0.